The summed E-state index contributed by atoms with van der Waals surface area (Å²) in [6.45, 7) is 1.67. The van der Waals surface area contributed by atoms with E-state index in [4.69, 9.17) is 9.47 Å². The van der Waals surface area contributed by atoms with Gasteiger partial charge in [-0.25, -0.2) is 0 Å². The van der Waals surface area contributed by atoms with E-state index in [1.165, 1.54) is 4.90 Å². The molecule has 0 aliphatic heterocycles. The summed E-state index contributed by atoms with van der Waals surface area (Å²) in [6, 6.07) is 0. The summed E-state index contributed by atoms with van der Waals surface area (Å²) in [7, 11) is 7.60. The predicted molar refractivity (Wildman–Crippen MR) is 40.4 cm³/mol. The van der Waals surface area contributed by atoms with Crippen LogP contribution in [-0.4, -0.2) is 47.6 Å². The molecule has 0 saturated carbocycles. The van der Waals surface area contributed by atoms with Crippen molar-refractivity contribution in [3.05, 3.63) is 0 Å². The highest BCUT2D eigenvalue weighted by Gasteiger charge is 2.09. The average molecular weight is 148 g/mol. The van der Waals surface area contributed by atoms with E-state index in [1.54, 1.807) is 14.2 Å². The Morgan fingerprint density at radius 2 is 1.90 bits per heavy atom. The Morgan fingerprint density at radius 3 is 2.20 bits per heavy atom. The summed E-state index contributed by atoms with van der Waals surface area (Å²) in [5, 5.41) is 0. The first kappa shape index (κ1) is 9.88. The summed E-state index contributed by atoms with van der Waals surface area (Å²) < 4.78 is 10.1. The molecule has 0 aromatic rings. The van der Waals surface area contributed by atoms with Gasteiger partial charge in [0.05, 0.1) is 20.7 Å². The zero-order chi connectivity index (χ0) is 7.98. The topological polar surface area (TPSA) is 22.9 Å². The first-order valence-electron chi connectivity index (χ1n) is 3.51. The zero-order valence-corrected chi connectivity index (χ0v) is 7.31. The van der Waals surface area contributed by atoms with E-state index in [9.17, 15) is 0 Å². The Labute approximate surface area is 62.9 Å². The quantitative estimate of drug-likeness (QED) is 0.529. The van der Waals surface area contributed by atoms with Crippen molar-refractivity contribution in [2.45, 2.75) is 6.10 Å². The van der Waals surface area contributed by atoms with E-state index < -0.39 is 0 Å². The van der Waals surface area contributed by atoms with Gasteiger partial charge in [0.25, 0.3) is 0 Å². The third kappa shape index (κ3) is 4.73. The molecule has 0 aliphatic carbocycles. The van der Waals surface area contributed by atoms with Crippen LogP contribution >= 0.6 is 0 Å². The normalized spacial score (nSPS) is 14.1. The highest BCUT2D eigenvalue weighted by molar-refractivity contribution is 4.50. The van der Waals surface area contributed by atoms with Gasteiger partial charge in [0, 0.05) is 14.2 Å². The second-order valence-corrected chi connectivity index (χ2v) is 2.72. The molecule has 62 valence electrons. The minimum atomic E-state index is 0.231. The molecule has 0 bridgehead atoms. The number of hydrogen-bond donors (Lipinski definition) is 1. The summed E-state index contributed by atoms with van der Waals surface area (Å²) in [5.74, 6) is 0. The van der Waals surface area contributed by atoms with Crippen LogP contribution < -0.4 is 4.90 Å². The van der Waals surface area contributed by atoms with E-state index in [0.29, 0.717) is 6.61 Å². The van der Waals surface area contributed by atoms with E-state index in [-0.39, 0.29) is 6.10 Å². The van der Waals surface area contributed by atoms with Gasteiger partial charge in [0.15, 0.2) is 0 Å². The van der Waals surface area contributed by atoms with E-state index in [1.807, 2.05) is 0 Å². The van der Waals surface area contributed by atoms with Crippen LogP contribution in [0.25, 0.3) is 0 Å². The molecule has 0 saturated heterocycles. The number of quaternary nitrogens is 1. The molecule has 10 heavy (non-hydrogen) atoms. The van der Waals surface area contributed by atoms with Gasteiger partial charge in [-0.3, -0.25) is 0 Å². The Morgan fingerprint density at radius 1 is 1.30 bits per heavy atom. The maximum atomic E-state index is 5.16. The van der Waals surface area contributed by atoms with E-state index >= 15 is 0 Å². The van der Waals surface area contributed by atoms with Crippen LogP contribution in [0.3, 0.4) is 0 Å². The monoisotopic (exact) mass is 148 g/mol. The number of likely N-dealkylation sites (N-methyl/N-ethyl adjacent to an activating group) is 1. The highest BCUT2D eigenvalue weighted by atomic mass is 16.5. The number of ether oxygens (including phenoxy) is 2. The molecule has 1 atom stereocenters. The molecule has 0 aromatic carbocycles. The second-order valence-electron chi connectivity index (χ2n) is 2.72. The number of nitrogens with one attached hydrogen (secondary N) is 1. The molecule has 3 nitrogen and oxygen atoms in total. The van der Waals surface area contributed by atoms with Crippen molar-refractivity contribution in [1.29, 1.82) is 0 Å². The molecule has 0 fully saturated rings. The molecule has 0 aromatic heterocycles. The zero-order valence-electron chi connectivity index (χ0n) is 7.31. The van der Waals surface area contributed by atoms with Crippen molar-refractivity contribution in [2.75, 3.05) is 41.5 Å². The molecule has 3 heteroatoms. The van der Waals surface area contributed by atoms with Gasteiger partial charge in [-0.1, -0.05) is 0 Å². The molecule has 1 unspecified atom stereocenters. The third-order valence-corrected chi connectivity index (χ3v) is 1.32. The lowest BCUT2D eigenvalue weighted by atomic mass is 10.3. The largest absolute Gasteiger partial charge is 0.382 e. The fourth-order valence-corrected chi connectivity index (χ4v) is 0.852. The minimum absolute atomic E-state index is 0.231. The highest BCUT2D eigenvalue weighted by Crippen LogP contribution is 1.84. The van der Waals surface area contributed by atoms with Crippen molar-refractivity contribution in [2.24, 2.45) is 0 Å². The first-order valence-corrected chi connectivity index (χ1v) is 3.51. The summed E-state index contributed by atoms with van der Waals surface area (Å²) in [6.07, 6.45) is 0.231. The van der Waals surface area contributed by atoms with E-state index in [0.717, 1.165) is 6.54 Å². The SMILES string of the molecule is COCC(C[NH+](C)C)OC. The average Bonchev–Trinajstić information content (AvgIpc) is 1.86. The van der Waals surface area contributed by atoms with Crippen LogP contribution in [0.1, 0.15) is 0 Å². The maximum absolute atomic E-state index is 5.16. The van der Waals surface area contributed by atoms with Crippen molar-refractivity contribution in [3.8, 4) is 0 Å². The second kappa shape index (κ2) is 5.65. The van der Waals surface area contributed by atoms with Crippen molar-refractivity contribution in [1.82, 2.24) is 0 Å². The lowest BCUT2D eigenvalue weighted by Gasteiger charge is -2.15. The molecule has 0 spiro atoms. The van der Waals surface area contributed by atoms with Crippen LogP contribution in [0, 0.1) is 0 Å². The van der Waals surface area contributed by atoms with Gasteiger partial charge in [-0.15, -0.1) is 0 Å². The lowest BCUT2D eigenvalue weighted by Crippen LogP contribution is -3.07. The Balaban J connectivity index is 3.39. The number of methoxy groups -OCH3 is 2. The van der Waals surface area contributed by atoms with Crippen molar-refractivity contribution in [3.63, 3.8) is 0 Å². The molecule has 0 aliphatic rings. The fourth-order valence-electron chi connectivity index (χ4n) is 0.852. The van der Waals surface area contributed by atoms with Gasteiger partial charge in [-0.05, 0) is 0 Å². The van der Waals surface area contributed by atoms with Gasteiger partial charge < -0.3 is 14.4 Å². The molecular formula is C7H18NO2+. The van der Waals surface area contributed by atoms with Crippen LogP contribution in [0.4, 0.5) is 0 Å². The summed E-state index contributed by atoms with van der Waals surface area (Å²) >= 11 is 0. The Kier molecular flexibility index (Phi) is 5.58. The standard InChI is InChI=1S/C7H17NO2/c1-8(2)5-7(10-4)6-9-3/h7H,5-6H2,1-4H3/p+1. The predicted octanol–water partition coefficient (Wildman–Crippen LogP) is -1.21. The first-order chi connectivity index (χ1) is 4.70. The van der Waals surface area contributed by atoms with Crippen molar-refractivity contribution >= 4 is 0 Å². The smallest absolute Gasteiger partial charge is 0.129 e. The fraction of sp³-hybridized carbons (Fsp3) is 1.00. The Bertz CT molecular complexity index is 76.0. The van der Waals surface area contributed by atoms with Crippen LogP contribution in [0.15, 0.2) is 0 Å². The van der Waals surface area contributed by atoms with Gasteiger partial charge in [0.2, 0.25) is 0 Å². The molecular weight excluding hydrogens is 130 g/mol. The number of hydrogen-bond acceptors (Lipinski definition) is 2. The number of rotatable bonds is 5. The van der Waals surface area contributed by atoms with Crippen molar-refractivity contribution < 1.29 is 14.4 Å². The molecule has 0 rings (SSSR count). The molecule has 0 amide bonds. The minimum Gasteiger partial charge on any atom is -0.382 e. The van der Waals surface area contributed by atoms with Crippen LogP contribution in [0.5, 0.6) is 0 Å². The Hall–Kier alpha value is -0.120. The lowest BCUT2D eigenvalue weighted by molar-refractivity contribution is -0.861. The van der Waals surface area contributed by atoms with Crippen LogP contribution in [0.2, 0.25) is 0 Å². The van der Waals surface area contributed by atoms with Gasteiger partial charge >= 0.3 is 0 Å². The summed E-state index contributed by atoms with van der Waals surface area (Å²) in [4.78, 5) is 1.38. The molecule has 1 N–H and O–H groups in total. The van der Waals surface area contributed by atoms with Gasteiger partial charge in [0.1, 0.15) is 12.6 Å². The maximum Gasteiger partial charge on any atom is 0.129 e. The molecule has 0 radical (unpaired) electrons. The molecule has 0 heterocycles. The van der Waals surface area contributed by atoms with Gasteiger partial charge in [-0.2, -0.15) is 0 Å². The summed E-state index contributed by atoms with van der Waals surface area (Å²) in [5.41, 5.74) is 0. The third-order valence-electron chi connectivity index (χ3n) is 1.32. The van der Waals surface area contributed by atoms with Crippen LogP contribution in [-0.2, 0) is 9.47 Å². The van der Waals surface area contributed by atoms with E-state index in [2.05, 4.69) is 14.1 Å².